The van der Waals surface area contributed by atoms with E-state index in [1.165, 1.54) is 24.2 Å². The second-order valence-corrected chi connectivity index (χ2v) is 6.73. The lowest BCUT2D eigenvalue weighted by Crippen LogP contribution is -2.22. The van der Waals surface area contributed by atoms with Gasteiger partial charge in [0.15, 0.2) is 0 Å². The summed E-state index contributed by atoms with van der Waals surface area (Å²) in [4.78, 5) is 0. The lowest BCUT2D eigenvalue weighted by Gasteiger charge is -2.11. The SMILES string of the molecule is Clc1ccc(Br)cc1CNCC1CCCS1. The predicted molar refractivity (Wildman–Crippen MR) is 76.3 cm³/mol. The first-order valence-corrected chi connectivity index (χ1v) is 7.74. The number of nitrogens with one attached hydrogen (secondary N) is 1. The summed E-state index contributed by atoms with van der Waals surface area (Å²) in [5, 5.41) is 5.13. The summed E-state index contributed by atoms with van der Waals surface area (Å²) in [6.45, 7) is 1.95. The van der Waals surface area contributed by atoms with Crippen molar-refractivity contribution in [3.05, 3.63) is 33.3 Å². The van der Waals surface area contributed by atoms with Gasteiger partial charge in [-0.25, -0.2) is 0 Å². The van der Waals surface area contributed by atoms with E-state index < -0.39 is 0 Å². The minimum Gasteiger partial charge on any atom is -0.312 e. The molecule has 88 valence electrons. The van der Waals surface area contributed by atoms with E-state index in [1.54, 1.807) is 0 Å². The van der Waals surface area contributed by atoms with Crippen LogP contribution >= 0.6 is 39.3 Å². The highest BCUT2D eigenvalue weighted by Gasteiger charge is 2.14. The average molecular weight is 321 g/mol. The Kier molecular flexibility index (Phi) is 5.01. The van der Waals surface area contributed by atoms with Gasteiger partial charge >= 0.3 is 0 Å². The number of benzene rings is 1. The Morgan fingerprint density at radius 1 is 1.50 bits per heavy atom. The summed E-state index contributed by atoms with van der Waals surface area (Å²) in [5.74, 6) is 1.32. The van der Waals surface area contributed by atoms with E-state index in [0.29, 0.717) is 0 Å². The van der Waals surface area contributed by atoms with Crippen LogP contribution in [0.3, 0.4) is 0 Å². The highest BCUT2D eigenvalue weighted by molar-refractivity contribution is 9.10. The second kappa shape index (κ2) is 6.29. The van der Waals surface area contributed by atoms with Crippen LogP contribution in [0.15, 0.2) is 22.7 Å². The molecule has 1 aliphatic rings. The first-order chi connectivity index (χ1) is 7.75. The first-order valence-electron chi connectivity index (χ1n) is 5.52. The molecule has 1 aliphatic heterocycles. The van der Waals surface area contributed by atoms with Crippen molar-refractivity contribution >= 4 is 39.3 Å². The molecule has 0 aliphatic carbocycles. The molecule has 0 bridgehead atoms. The van der Waals surface area contributed by atoms with E-state index in [4.69, 9.17) is 11.6 Å². The zero-order valence-corrected chi connectivity index (χ0v) is 12.2. The molecule has 0 amide bonds. The molecule has 1 heterocycles. The van der Waals surface area contributed by atoms with E-state index >= 15 is 0 Å². The van der Waals surface area contributed by atoms with Gasteiger partial charge in [-0.3, -0.25) is 0 Å². The van der Waals surface area contributed by atoms with Crippen molar-refractivity contribution in [3.8, 4) is 0 Å². The fraction of sp³-hybridized carbons (Fsp3) is 0.500. The standard InChI is InChI=1S/C12H15BrClNS/c13-10-3-4-12(14)9(6-10)7-15-8-11-2-1-5-16-11/h3-4,6,11,15H,1-2,5,7-8H2. The van der Waals surface area contributed by atoms with E-state index in [9.17, 15) is 0 Å². The number of hydrogen-bond acceptors (Lipinski definition) is 2. The van der Waals surface area contributed by atoms with Gasteiger partial charge in [0, 0.05) is 27.8 Å². The van der Waals surface area contributed by atoms with Gasteiger partial charge in [-0.2, -0.15) is 11.8 Å². The Bertz CT molecular complexity index is 353. The topological polar surface area (TPSA) is 12.0 Å². The third-order valence-corrected chi connectivity index (χ3v) is 4.98. The second-order valence-electron chi connectivity index (χ2n) is 4.00. The van der Waals surface area contributed by atoms with Crippen molar-refractivity contribution in [3.63, 3.8) is 0 Å². The Hall–Kier alpha value is 0.300. The van der Waals surface area contributed by atoms with Crippen molar-refractivity contribution in [2.45, 2.75) is 24.6 Å². The maximum atomic E-state index is 6.13. The third kappa shape index (κ3) is 3.66. The smallest absolute Gasteiger partial charge is 0.0451 e. The molecule has 0 radical (unpaired) electrons. The molecule has 1 saturated heterocycles. The van der Waals surface area contributed by atoms with Gasteiger partial charge in [0.1, 0.15) is 0 Å². The minimum atomic E-state index is 0.797. The molecule has 1 N–H and O–H groups in total. The maximum Gasteiger partial charge on any atom is 0.0451 e. The summed E-state index contributed by atoms with van der Waals surface area (Å²) in [6.07, 6.45) is 2.72. The van der Waals surface area contributed by atoms with E-state index in [0.717, 1.165) is 27.8 Å². The zero-order chi connectivity index (χ0) is 11.4. The summed E-state index contributed by atoms with van der Waals surface area (Å²) >= 11 is 11.7. The fourth-order valence-electron chi connectivity index (χ4n) is 1.85. The van der Waals surface area contributed by atoms with Crippen molar-refractivity contribution in [1.82, 2.24) is 5.32 Å². The monoisotopic (exact) mass is 319 g/mol. The third-order valence-electron chi connectivity index (χ3n) is 2.72. The van der Waals surface area contributed by atoms with Gasteiger partial charge in [-0.05, 0) is 42.4 Å². The van der Waals surface area contributed by atoms with E-state index in [2.05, 4.69) is 39.1 Å². The van der Waals surface area contributed by atoms with Crippen LogP contribution in [0.4, 0.5) is 0 Å². The van der Waals surface area contributed by atoms with Crippen LogP contribution in [0.2, 0.25) is 5.02 Å². The van der Waals surface area contributed by atoms with Crippen LogP contribution in [0, 0.1) is 0 Å². The normalized spacial score (nSPS) is 20.2. The fourth-order valence-corrected chi connectivity index (χ4v) is 3.68. The first kappa shape index (κ1) is 12.7. The molecule has 1 fully saturated rings. The van der Waals surface area contributed by atoms with Crippen molar-refractivity contribution < 1.29 is 0 Å². The average Bonchev–Trinajstić information content (AvgIpc) is 2.76. The summed E-state index contributed by atoms with van der Waals surface area (Å²) in [7, 11) is 0. The predicted octanol–water partition coefficient (Wildman–Crippen LogP) is 4.09. The Balaban J connectivity index is 1.82. The Labute approximate surface area is 114 Å². The molecule has 1 atom stereocenters. The number of halogens is 2. The zero-order valence-electron chi connectivity index (χ0n) is 9.01. The van der Waals surface area contributed by atoms with Gasteiger partial charge in [0.25, 0.3) is 0 Å². The Morgan fingerprint density at radius 3 is 3.12 bits per heavy atom. The van der Waals surface area contributed by atoms with Crippen LogP contribution in [0.5, 0.6) is 0 Å². The van der Waals surface area contributed by atoms with Crippen LogP contribution in [0.25, 0.3) is 0 Å². The lowest BCUT2D eigenvalue weighted by molar-refractivity contribution is 0.646. The van der Waals surface area contributed by atoms with Gasteiger partial charge in [-0.15, -0.1) is 0 Å². The van der Waals surface area contributed by atoms with Crippen molar-refractivity contribution in [2.24, 2.45) is 0 Å². The lowest BCUT2D eigenvalue weighted by atomic mass is 10.2. The number of hydrogen-bond donors (Lipinski definition) is 1. The molecular formula is C12H15BrClNS. The summed E-state index contributed by atoms with van der Waals surface area (Å²) < 4.78 is 1.09. The molecule has 1 unspecified atom stereocenters. The van der Waals surface area contributed by atoms with E-state index in [1.807, 2.05) is 12.1 Å². The maximum absolute atomic E-state index is 6.13. The summed E-state index contributed by atoms with van der Waals surface area (Å²) in [5.41, 5.74) is 1.17. The quantitative estimate of drug-likeness (QED) is 0.897. The summed E-state index contributed by atoms with van der Waals surface area (Å²) in [6, 6.07) is 5.99. The largest absolute Gasteiger partial charge is 0.312 e. The van der Waals surface area contributed by atoms with Gasteiger partial charge < -0.3 is 5.32 Å². The number of rotatable bonds is 4. The highest BCUT2D eigenvalue weighted by atomic mass is 79.9. The molecule has 0 aromatic heterocycles. The van der Waals surface area contributed by atoms with E-state index in [-0.39, 0.29) is 0 Å². The van der Waals surface area contributed by atoms with Crippen LogP contribution < -0.4 is 5.32 Å². The highest BCUT2D eigenvalue weighted by Crippen LogP contribution is 2.25. The molecule has 1 aromatic carbocycles. The van der Waals surface area contributed by atoms with Gasteiger partial charge in [0.05, 0.1) is 0 Å². The van der Waals surface area contributed by atoms with Crippen molar-refractivity contribution in [1.29, 1.82) is 0 Å². The van der Waals surface area contributed by atoms with Crippen LogP contribution in [-0.4, -0.2) is 17.5 Å². The molecule has 0 saturated carbocycles. The van der Waals surface area contributed by atoms with Gasteiger partial charge in [0.2, 0.25) is 0 Å². The molecule has 16 heavy (non-hydrogen) atoms. The molecule has 1 aromatic rings. The molecular weight excluding hydrogens is 306 g/mol. The molecule has 0 spiro atoms. The molecule has 1 nitrogen and oxygen atoms in total. The van der Waals surface area contributed by atoms with Crippen molar-refractivity contribution in [2.75, 3.05) is 12.3 Å². The Morgan fingerprint density at radius 2 is 2.38 bits per heavy atom. The molecule has 2 rings (SSSR count). The minimum absolute atomic E-state index is 0.797. The number of thioether (sulfide) groups is 1. The van der Waals surface area contributed by atoms with Crippen LogP contribution in [0.1, 0.15) is 18.4 Å². The molecule has 4 heteroatoms. The van der Waals surface area contributed by atoms with Crippen LogP contribution in [-0.2, 0) is 6.54 Å². The van der Waals surface area contributed by atoms with Gasteiger partial charge in [-0.1, -0.05) is 27.5 Å².